The quantitative estimate of drug-likeness (QED) is 0.890. The van der Waals surface area contributed by atoms with Crippen LogP contribution in [0.1, 0.15) is 26.7 Å². The van der Waals surface area contributed by atoms with Crippen molar-refractivity contribution in [2.45, 2.75) is 32.7 Å². The second-order valence-electron chi connectivity index (χ2n) is 4.93. The van der Waals surface area contributed by atoms with Gasteiger partial charge in [0.2, 0.25) is 11.8 Å². The molecule has 0 radical (unpaired) electrons. The first-order chi connectivity index (χ1) is 9.11. The average molecular weight is 261 g/mol. The van der Waals surface area contributed by atoms with E-state index in [1.165, 1.54) is 0 Å². The number of carbonyl (C=O) groups is 2. The van der Waals surface area contributed by atoms with Gasteiger partial charge in [-0.2, -0.15) is 0 Å². The zero-order chi connectivity index (χ0) is 13.8. The van der Waals surface area contributed by atoms with Gasteiger partial charge in [-0.25, -0.2) is 0 Å². The van der Waals surface area contributed by atoms with Crippen LogP contribution >= 0.6 is 0 Å². The van der Waals surface area contributed by atoms with E-state index in [4.69, 9.17) is 0 Å². The zero-order valence-corrected chi connectivity index (χ0v) is 11.3. The standard InChI is InChI=1S/C14H19N3O2/c1-3-10(2)16-14(19)11-7-13(18)17(9-11)12-5-4-6-15-8-12/h4-6,8,10-11H,3,7,9H2,1-2H3,(H,16,19). The minimum absolute atomic E-state index is 0.0164. The van der Waals surface area contributed by atoms with Crippen LogP contribution in [0.5, 0.6) is 0 Å². The van der Waals surface area contributed by atoms with Crippen molar-refractivity contribution in [1.29, 1.82) is 0 Å². The SMILES string of the molecule is CCC(C)NC(=O)C1CC(=O)N(c2cccnc2)C1. The highest BCUT2D eigenvalue weighted by atomic mass is 16.2. The Hall–Kier alpha value is -1.91. The van der Waals surface area contributed by atoms with Crippen molar-refractivity contribution in [2.24, 2.45) is 5.92 Å². The Balaban J connectivity index is 2.02. The Morgan fingerprint density at radius 1 is 1.63 bits per heavy atom. The van der Waals surface area contributed by atoms with Crippen LogP contribution in [-0.4, -0.2) is 29.4 Å². The maximum atomic E-state index is 12.0. The molecule has 2 heterocycles. The van der Waals surface area contributed by atoms with Crippen LogP contribution in [0.25, 0.3) is 0 Å². The lowest BCUT2D eigenvalue weighted by atomic mass is 10.1. The van der Waals surface area contributed by atoms with Crippen molar-refractivity contribution in [3.63, 3.8) is 0 Å². The minimum Gasteiger partial charge on any atom is -0.353 e. The summed E-state index contributed by atoms with van der Waals surface area (Å²) < 4.78 is 0. The third-order valence-electron chi connectivity index (χ3n) is 3.45. The molecule has 1 saturated heterocycles. The largest absolute Gasteiger partial charge is 0.353 e. The molecule has 102 valence electrons. The molecule has 1 fully saturated rings. The summed E-state index contributed by atoms with van der Waals surface area (Å²) in [5.74, 6) is -0.312. The number of pyridine rings is 1. The number of hydrogen-bond donors (Lipinski definition) is 1. The van der Waals surface area contributed by atoms with Crippen LogP contribution < -0.4 is 10.2 Å². The maximum absolute atomic E-state index is 12.0. The molecule has 0 spiro atoms. The van der Waals surface area contributed by atoms with E-state index in [0.717, 1.165) is 12.1 Å². The molecule has 2 atom stereocenters. The van der Waals surface area contributed by atoms with Crippen LogP contribution in [0, 0.1) is 5.92 Å². The summed E-state index contributed by atoms with van der Waals surface area (Å²) in [5.41, 5.74) is 0.756. The Bertz CT molecular complexity index is 461. The van der Waals surface area contributed by atoms with Crippen molar-refractivity contribution in [2.75, 3.05) is 11.4 Å². The first-order valence-electron chi connectivity index (χ1n) is 6.62. The molecular formula is C14H19N3O2. The molecule has 5 nitrogen and oxygen atoms in total. The minimum atomic E-state index is -0.262. The maximum Gasteiger partial charge on any atom is 0.227 e. The summed E-state index contributed by atoms with van der Waals surface area (Å²) in [6, 6.07) is 3.77. The van der Waals surface area contributed by atoms with Crippen molar-refractivity contribution < 1.29 is 9.59 Å². The van der Waals surface area contributed by atoms with Crippen LogP contribution in [0.2, 0.25) is 0 Å². The van der Waals surface area contributed by atoms with Gasteiger partial charge < -0.3 is 10.2 Å². The smallest absolute Gasteiger partial charge is 0.227 e. The first kappa shape index (κ1) is 13.5. The first-order valence-corrected chi connectivity index (χ1v) is 6.62. The van der Waals surface area contributed by atoms with E-state index in [0.29, 0.717) is 6.54 Å². The third kappa shape index (κ3) is 3.10. The Labute approximate surface area is 113 Å². The van der Waals surface area contributed by atoms with E-state index >= 15 is 0 Å². The second-order valence-corrected chi connectivity index (χ2v) is 4.93. The van der Waals surface area contributed by atoms with Gasteiger partial charge >= 0.3 is 0 Å². The number of hydrogen-bond acceptors (Lipinski definition) is 3. The fourth-order valence-electron chi connectivity index (χ4n) is 2.11. The van der Waals surface area contributed by atoms with Gasteiger partial charge in [0.05, 0.1) is 17.8 Å². The highest BCUT2D eigenvalue weighted by Gasteiger charge is 2.35. The van der Waals surface area contributed by atoms with Crippen molar-refractivity contribution in [3.05, 3.63) is 24.5 Å². The van der Waals surface area contributed by atoms with Gasteiger partial charge in [-0.15, -0.1) is 0 Å². The normalized spacial score (nSPS) is 20.4. The number of amides is 2. The van der Waals surface area contributed by atoms with Gasteiger partial charge in [-0.05, 0) is 25.5 Å². The van der Waals surface area contributed by atoms with Crippen LogP contribution in [-0.2, 0) is 9.59 Å². The molecule has 1 aliphatic rings. The molecule has 5 heteroatoms. The Kier molecular flexibility index (Phi) is 4.14. The van der Waals surface area contributed by atoms with Gasteiger partial charge in [-0.1, -0.05) is 6.92 Å². The Morgan fingerprint density at radius 3 is 3.05 bits per heavy atom. The van der Waals surface area contributed by atoms with Gasteiger partial charge in [0.15, 0.2) is 0 Å². The monoisotopic (exact) mass is 261 g/mol. The molecule has 0 bridgehead atoms. The lowest BCUT2D eigenvalue weighted by Crippen LogP contribution is -2.38. The summed E-state index contributed by atoms with van der Waals surface area (Å²) in [5, 5.41) is 2.93. The molecule has 2 rings (SSSR count). The third-order valence-corrected chi connectivity index (χ3v) is 3.45. The molecule has 1 N–H and O–H groups in total. The van der Waals surface area contributed by atoms with Crippen molar-refractivity contribution in [3.8, 4) is 0 Å². The molecule has 0 aliphatic carbocycles. The van der Waals surface area contributed by atoms with Crippen molar-refractivity contribution in [1.82, 2.24) is 10.3 Å². The summed E-state index contributed by atoms with van der Waals surface area (Å²) >= 11 is 0. The highest BCUT2D eigenvalue weighted by molar-refractivity contribution is 6.00. The van der Waals surface area contributed by atoms with Gasteiger partial charge in [-0.3, -0.25) is 14.6 Å². The molecule has 1 aromatic rings. The topological polar surface area (TPSA) is 62.3 Å². The molecule has 2 unspecified atom stereocenters. The summed E-state index contributed by atoms with van der Waals surface area (Å²) in [7, 11) is 0. The molecule has 19 heavy (non-hydrogen) atoms. The fraction of sp³-hybridized carbons (Fsp3) is 0.500. The van der Waals surface area contributed by atoms with Gasteiger partial charge in [0.1, 0.15) is 0 Å². The zero-order valence-electron chi connectivity index (χ0n) is 11.3. The van der Waals surface area contributed by atoms with E-state index < -0.39 is 0 Å². The van der Waals surface area contributed by atoms with Gasteiger partial charge in [0, 0.05) is 25.2 Å². The van der Waals surface area contributed by atoms with Crippen LogP contribution in [0.4, 0.5) is 5.69 Å². The lowest BCUT2D eigenvalue weighted by Gasteiger charge is -2.17. The van der Waals surface area contributed by atoms with Crippen LogP contribution in [0.3, 0.4) is 0 Å². The van der Waals surface area contributed by atoms with E-state index in [-0.39, 0.29) is 30.2 Å². The van der Waals surface area contributed by atoms with Crippen LogP contribution in [0.15, 0.2) is 24.5 Å². The number of anilines is 1. The summed E-state index contributed by atoms with van der Waals surface area (Å²) in [4.78, 5) is 29.6. The highest BCUT2D eigenvalue weighted by Crippen LogP contribution is 2.24. The summed E-state index contributed by atoms with van der Waals surface area (Å²) in [6.07, 6.45) is 4.47. The van der Waals surface area contributed by atoms with E-state index in [9.17, 15) is 9.59 Å². The second kappa shape index (κ2) is 5.82. The number of rotatable bonds is 4. The Morgan fingerprint density at radius 2 is 2.42 bits per heavy atom. The van der Waals surface area contributed by atoms with Crippen molar-refractivity contribution >= 4 is 17.5 Å². The van der Waals surface area contributed by atoms with E-state index in [1.54, 1.807) is 23.4 Å². The summed E-state index contributed by atoms with van der Waals surface area (Å²) in [6.45, 7) is 4.42. The lowest BCUT2D eigenvalue weighted by molar-refractivity contribution is -0.126. The predicted molar refractivity (Wildman–Crippen MR) is 72.6 cm³/mol. The molecule has 0 saturated carbocycles. The molecule has 2 amide bonds. The molecule has 1 aliphatic heterocycles. The van der Waals surface area contributed by atoms with Gasteiger partial charge in [0.25, 0.3) is 0 Å². The fourth-order valence-corrected chi connectivity index (χ4v) is 2.11. The number of aromatic nitrogens is 1. The molecule has 1 aromatic heterocycles. The number of nitrogens with one attached hydrogen (secondary N) is 1. The average Bonchev–Trinajstić information content (AvgIpc) is 2.82. The molecular weight excluding hydrogens is 242 g/mol. The number of carbonyl (C=O) groups excluding carboxylic acids is 2. The molecule has 0 aromatic carbocycles. The van der Waals surface area contributed by atoms with E-state index in [2.05, 4.69) is 10.3 Å². The van der Waals surface area contributed by atoms with E-state index in [1.807, 2.05) is 19.9 Å². The predicted octanol–water partition coefficient (Wildman–Crippen LogP) is 1.35. The number of nitrogens with zero attached hydrogens (tertiary/aromatic N) is 2.